The molecule has 90 valence electrons. The molecule has 0 bridgehead atoms. The van der Waals surface area contributed by atoms with E-state index in [-0.39, 0.29) is 0 Å². The van der Waals surface area contributed by atoms with Crippen molar-refractivity contribution in [2.24, 2.45) is 13.0 Å². The van der Waals surface area contributed by atoms with E-state index in [9.17, 15) is 4.79 Å². The second-order valence-electron chi connectivity index (χ2n) is 4.53. The van der Waals surface area contributed by atoms with Crippen molar-refractivity contribution in [2.75, 3.05) is 6.61 Å². The van der Waals surface area contributed by atoms with Crippen LogP contribution in [0.15, 0.2) is 18.2 Å². The highest BCUT2D eigenvalue weighted by Gasteiger charge is 2.10. The largest absolute Gasteiger partial charge is 0.476 e. The summed E-state index contributed by atoms with van der Waals surface area (Å²) >= 11 is 0. The number of ether oxygens (including phenoxy) is 1. The summed E-state index contributed by atoms with van der Waals surface area (Å²) in [7, 11) is 1.85. The zero-order valence-electron chi connectivity index (χ0n) is 10.3. The molecule has 0 N–H and O–H groups in total. The van der Waals surface area contributed by atoms with Crippen LogP contribution in [0.5, 0.6) is 5.88 Å². The van der Waals surface area contributed by atoms with Gasteiger partial charge in [-0.15, -0.1) is 5.10 Å². The predicted octanol–water partition coefficient (Wildman–Crippen LogP) is 2.42. The van der Waals surface area contributed by atoms with Crippen LogP contribution in [0.25, 0.3) is 10.9 Å². The molecular formula is C13H16N2O2. The number of hydrogen-bond donors (Lipinski definition) is 0. The summed E-state index contributed by atoms with van der Waals surface area (Å²) in [6, 6.07) is 5.47. The molecule has 0 unspecified atom stereocenters. The van der Waals surface area contributed by atoms with Crippen molar-refractivity contribution in [3.05, 3.63) is 23.8 Å². The third-order valence-electron chi connectivity index (χ3n) is 2.53. The lowest BCUT2D eigenvalue weighted by Gasteiger charge is -2.05. The van der Waals surface area contributed by atoms with Crippen LogP contribution < -0.4 is 4.74 Å². The number of carbonyl (C=O) groups excluding carboxylic acids is 1. The summed E-state index contributed by atoms with van der Waals surface area (Å²) < 4.78 is 7.39. The summed E-state index contributed by atoms with van der Waals surface area (Å²) in [5.74, 6) is 1.09. The maximum absolute atomic E-state index is 10.7. The van der Waals surface area contributed by atoms with Gasteiger partial charge in [-0.25, -0.2) is 0 Å². The topological polar surface area (TPSA) is 44.1 Å². The maximum Gasteiger partial charge on any atom is 0.240 e. The molecule has 2 rings (SSSR count). The van der Waals surface area contributed by atoms with Crippen LogP contribution in [0.1, 0.15) is 24.2 Å². The van der Waals surface area contributed by atoms with Gasteiger partial charge in [-0.1, -0.05) is 19.9 Å². The lowest BCUT2D eigenvalue weighted by molar-refractivity contribution is 0.112. The fourth-order valence-electron chi connectivity index (χ4n) is 1.67. The number of aromatic nitrogens is 2. The number of fused-ring (bicyclic) bond motifs is 1. The van der Waals surface area contributed by atoms with Gasteiger partial charge in [0.1, 0.15) is 6.29 Å². The van der Waals surface area contributed by atoms with E-state index >= 15 is 0 Å². The predicted molar refractivity (Wildman–Crippen MR) is 66.4 cm³/mol. The number of hydrogen-bond acceptors (Lipinski definition) is 3. The monoisotopic (exact) mass is 232 g/mol. The molecule has 0 aliphatic heterocycles. The average molecular weight is 232 g/mol. The number of benzene rings is 1. The lowest BCUT2D eigenvalue weighted by atomic mass is 10.2. The molecule has 4 heteroatoms. The molecule has 0 aliphatic rings. The summed E-state index contributed by atoms with van der Waals surface area (Å²) in [4.78, 5) is 10.7. The van der Waals surface area contributed by atoms with Crippen LogP contribution in [0.3, 0.4) is 0 Å². The summed E-state index contributed by atoms with van der Waals surface area (Å²) in [6.45, 7) is 4.83. The van der Waals surface area contributed by atoms with Crippen molar-refractivity contribution in [1.29, 1.82) is 0 Å². The van der Waals surface area contributed by atoms with Crippen molar-refractivity contribution in [3.63, 3.8) is 0 Å². The highest BCUT2D eigenvalue weighted by Crippen LogP contribution is 2.25. The Morgan fingerprint density at radius 1 is 1.47 bits per heavy atom. The molecule has 0 amide bonds. The smallest absolute Gasteiger partial charge is 0.240 e. The Balaban J connectivity index is 2.41. The Morgan fingerprint density at radius 3 is 2.88 bits per heavy atom. The molecule has 17 heavy (non-hydrogen) atoms. The van der Waals surface area contributed by atoms with E-state index in [4.69, 9.17) is 4.74 Å². The van der Waals surface area contributed by atoms with Crippen molar-refractivity contribution in [1.82, 2.24) is 9.78 Å². The van der Waals surface area contributed by atoms with E-state index in [0.29, 0.717) is 24.0 Å². The zero-order chi connectivity index (χ0) is 12.4. The van der Waals surface area contributed by atoms with Crippen molar-refractivity contribution < 1.29 is 9.53 Å². The fraction of sp³-hybridized carbons (Fsp3) is 0.385. The van der Waals surface area contributed by atoms with Gasteiger partial charge in [-0.05, 0) is 18.1 Å². The molecular weight excluding hydrogens is 216 g/mol. The summed E-state index contributed by atoms with van der Waals surface area (Å²) in [5.41, 5.74) is 1.56. The Kier molecular flexibility index (Phi) is 3.13. The van der Waals surface area contributed by atoms with Gasteiger partial charge >= 0.3 is 0 Å². The van der Waals surface area contributed by atoms with E-state index < -0.39 is 0 Å². The van der Waals surface area contributed by atoms with Gasteiger partial charge in [0.15, 0.2) is 0 Å². The van der Waals surface area contributed by atoms with Gasteiger partial charge in [0.25, 0.3) is 0 Å². The summed E-state index contributed by atoms with van der Waals surface area (Å²) in [5, 5.41) is 5.26. The molecule has 2 aromatic rings. The normalized spacial score (nSPS) is 11.1. The molecule has 0 saturated heterocycles. The zero-order valence-corrected chi connectivity index (χ0v) is 10.3. The van der Waals surface area contributed by atoms with Gasteiger partial charge < -0.3 is 4.74 Å². The minimum Gasteiger partial charge on any atom is -0.476 e. The third kappa shape index (κ3) is 2.30. The van der Waals surface area contributed by atoms with E-state index in [1.165, 1.54) is 0 Å². The molecule has 0 saturated carbocycles. The quantitative estimate of drug-likeness (QED) is 0.760. The van der Waals surface area contributed by atoms with Crippen molar-refractivity contribution in [3.8, 4) is 5.88 Å². The van der Waals surface area contributed by atoms with Gasteiger partial charge in [-0.3, -0.25) is 9.48 Å². The van der Waals surface area contributed by atoms with Gasteiger partial charge in [-0.2, -0.15) is 0 Å². The van der Waals surface area contributed by atoms with Gasteiger partial charge in [0, 0.05) is 12.6 Å². The average Bonchev–Trinajstić information content (AvgIpc) is 2.63. The van der Waals surface area contributed by atoms with E-state index in [1.807, 2.05) is 19.2 Å². The Morgan fingerprint density at radius 2 is 2.24 bits per heavy atom. The van der Waals surface area contributed by atoms with Crippen LogP contribution in [-0.2, 0) is 7.05 Å². The molecule has 0 atom stereocenters. The number of aryl methyl sites for hydroxylation is 1. The molecule has 1 heterocycles. The number of carbonyl (C=O) groups is 1. The maximum atomic E-state index is 10.7. The highest BCUT2D eigenvalue weighted by molar-refractivity contribution is 5.90. The van der Waals surface area contributed by atoms with E-state index in [2.05, 4.69) is 18.9 Å². The van der Waals surface area contributed by atoms with Crippen molar-refractivity contribution >= 4 is 17.2 Å². The van der Waals surface area contributed by atoms with Gasteiger partial charge in [0.2, 0.25) is 5.88 Å². The van der Waals surface area contributed by atoms with Crippen LogP contribution >= 0.6 is 0 Å². The minimum atomic E-state index is 0.460. The van der Waals surface area contributed by atoms with Crippen LogP contribution in [0.2, 0.25) is 0 Å². The first-order valence-corrected chi connectivity index (χ1v) is 5.66. The highest BCUT2D eigenvalue weighted by atomic mass is 16.5. The molecule has 1 aromatic heterocycles. The Hall–Kier alpha value is -1.84. The van der Waals surface area contributed by atoms with Crippen LogP contribution in [-0.4, -0.2) is 22.7 Å². The first-order chi connectivity index (χ1) is 8.11. The Bertz CT molecular complexity index is 544. The van der Waals surface area contributed by atoms with Crippen molar-refractivity contribution in [2.45, 2.75) is 13.8 Å². The number of aldehydes is 1. The van der Waals surface area contributed by atoms with E-state index in [0.717, 1.165) is 17.2 Å². The molecule has 4 nitrogen and oxygen atoms in total. The molecule has 1 aromatic carbocycles. The van der Waals surface area contributed by atoms with Gasteiger partial charge in [0.05, 0.1) is 17.5 Å². The standard InChI is InChI=1S/C13H16N2O2/c1-9(2)8-17-13-11-5-4-10(7-16)6-12(11)15(3)14-13/h4-7,9H,8H2,1-3H3. The Labute approximate surface area is 100 Å². The van der Waals surface area contributed by atoms with E-state index in [1.54, 1.807) is 10.7 Å². The molecule has 0 fully saturated rings. The lowest BCUT2D eigenvalue weighted by Crippen LogP contribution is -2.05. The fourth-order valence-corrected chi connectivity index (χ4v) is 1.67. The summed E-state index contributed by atoms with van der Waals surface area (Å²) in [6.07, 6.45) is 0.834. The second-order valence-corrected chi connectivity index (χ2v) is 4.53. The second kappa shape index (κ2) is 4.57. The number of rotatable bonds is 4. The van der Waals surface area contributed by atoms with Crippen LogP contribution in [0, 0.1) is 5.92 Å². The third-order valence-corrected chi connectivity index (χ3v) is 2.53. The SMILES string of the molecule is CC(C)COc1nn(C)c2cc(C=O)ccc12. The minimum absolute atomic E-state index is 0.460. The molecule has 0 aliphatic carbocycles. The molecule has 0 radical (unpaired) electrons. The molecule has 0 spiro atoms. The number of nitrogens with zero attached hydrogens (tertiary/aromatic N) is 2. The first-order valence-electron chi connectivity index (χ1n) is 5.66. The first kappa shape index (κ1) is 11.6. The van der Waals surface area contributed by atoms with Crippen LogP contribution in [0.4, 0.5) is 0 Å².